The summed E-state index contributed by atoms with van der Waals surface area (Å²) in [7, 11) is 0. The lowest BCUT2D eigenvalue weighted by Gasteiger charge is -2.31. The fourth-order valence-electron chi connectivity index (χ4n) is 2.92. The van der Waals surface area contributed by atoms with E-state index < -0.39 is 17.8 Å². The molecule has 0 spiro atoms. The number of amides is 2. The normalized spacial score (nSPS) is 24.0. The maximum atomic E-state index is 12.3. The van der Waals surface area contributed by atoms with Crippen molar-refractivity contribution in [3.8, 4) is 0 Å². The van der Waals surface area contributed by atoms with Crippen molar-refractivity contribution in [2.45, 2.75) is 32.8 Å². The van der Waals surface area contributed by atoms with Gasteiger partial charge in [-0.05, 0) is 30.9 Å². The van der Waals surface area contributed by atoms with Crippen molar-refractivity contribution in [1.82, 2.24) is 5.06 Å². The van der Waals surface area contributed by atoms with Crippen molar-refractivity contribution in [3.63, 3.8) is 0 Å². The summed E-state index contributed by atoms with van der Waals surface area (Å²) < 4.78 is 5.63. The molecular weight excluding hydrogens is 298 g/mol. The molecule has 6 heteroatoms. The predicted octanol–water partition coefficient (Wildman–Crippen LogP) is 2.19. The van der Waals surface area contributed by atoms with Gasteiger partial charge in [-0.3, -0.25) is 9.59 Å². The number of hydrogen-bond donors (Lipinski definition) is 0. The first kappa shape index (κ1) is 15.7. The lowest BCUT2D eigenvalue weighted by atomic mass is 9.90. The van der Waals surface area contributed by atoms with Crippen molar-refractivity contribution in [1.29, 1.82) is 0 Å². The Bertz CT molecular complexity index is 619. The number of hydrogen-bond acceptors (Lipinski definition) is 5. The minimum absolute atomic E-state index is 0.0107. The topological polar surface area (TPSA) is 72.9 Å². The van der Waals surface area contributed by atoms with E-state index in [1.807, 2.05) is 13.8 Å². The van der Waals surface area contributed by atoms with Gasteiger partial charge in [-0.2, -0.15) is 0 Å². The average molecular weight is 317 g/mol. The third-order valence-electron chi connectivity index (χ3n) is 4.33. The second-order valence-corrected chi connectivity index (χ2v) is 6.24. The molecule has 23 heavy (non-hydrogen) atoms. The van der Waals surface area contributed by atoms with Gasteiger partial charge in [0.2, 0.25) is 0 Å². The summed E-state index contributed by atoms with van der Waals surface area (Å²) in [5.41, 5.74) is 0.523. The van der Waals surface area contributed by atoms with E-state index in [2.05, 4.69) is 0 Å². The van der Waals surface area contributed by atoms with E-state index in [-0.39, 0.29) is 23.1 Å². The number of ether oxygens (including phenoxy) is 1. The van der Waals surface area contributed by atoms with Crippen LogP contribution in [-0.4, -0.2) is 35.6 Å². The molecule has 1 aromatic carbocycles. The Balaban J connectivity index is 1.69. The zero-order chi connectivity index (χ0) is 16.6. The first-order chi connectivity index (χ1) is 11.0. The van der Waals surface area contributed by atoms with Gasteiger partial charge in [0.15, 0.2) is 0 Å². The van der Waals surface area contributed by atoms with Crippen LogP contribution in [0.4, 0.5) is 0 Å². The van der Waals surface area contributed by atoms with Gasteiger partial charge in [-0.25, -0.2) is 4.79 Å². The molecule has 122 valence electrons. The minimum Gasteiger partial charge on any atom is -0.378 e. The molecule has 0 aliphatic carbocycles. The number of imide groups is 1. The molecule has 0 N–H and O–H groups in total. The van der Waals surface area contributed by atoms with E-state index >= 15 is 0 Å². The van der Waals surface area contributed by atoms with Crippen LogP contribution >= 0.6 is 0 Å². The lowest BCUT2D eigenvalue weighted by molar-refractivity contribution is -0.179. The molecule has 1 aromatic rings. The standard InChI is InChI=1S/C17H19NO5/c1-10(2)14-9-11(7-8-22-14)17(21)23-18-15(19)12-5-3-4-6-13(12)16(18)20/h3-6,10-11,14H,7-9H2,1-2H3. The minimum atomic E-state index is -0.591. The molecule has 0 aromatic heterocycles. The van der Waals surface area contributed by atoms with Crippen LogP contribution in [0.1, 0.15) is 47.4 Å². The summed E-state index contributed by atoms with van der Waals surface area (Å²) in [4.78, 5) is 41.9. The first-order valence-electron chi connectivity index (χ1n) is 7.80. The molecule has 6 nitrogen and oxygen atoms in total. The number of carbonyl (C=O) groups is 3. The number of carbonyl (C=O) groups excluding carboxylic acids is 3. The van der Waals surface area contributed by atoms with Gasteiger partial charge in [0.05, 0.1) is 23.1 Å². The quantitative estimate of drug-likeness (QED) is 0.799. The summed E-state index contributed by atoms with van der Waals surface area (Å²) in [6, 6.07) is 6.43. The Morgan fingerprint density at radius 2 is 1.83 bits per heavy atom. The maximum absolute atomic E-state index is 12.3. The number of hydroxylamine groups is 2. The van der Waals surface area contributed by atoms with Crippen LogP contribution in [0, 0.1) is 11.8 Å². The van der Waals surface area contributed by atoms with Crippen LogP contribution in [0.15, 0.2) is 24.3 Å². The fourth-order valence-corrected chi connectivity index (χ4v) is 2.92. The van der Waals surface area contributed by atoms with Crippen molar-refractivity contribution in [3.05, 3.63) is 35.4 Å². The van der Waals surface area contributed by atoms with Gasteiger partial charge in [-0.15, -0.1) is 0 Å². The second kappa shape index (κ2) is 6.12. The summed E-state index contributed by atoms with van der Waals surface area (Å²) in [6.07, 6.45) is 1.06. The van der Waals surface area contributed by atoms with Crippen LogP contribution in [0.5, 0.6) is 0 Å². The van der Waals surface area contributed by atoms with Crippen molar-refractivity contribution < 1.29 is 24.0 Å². The molecule has 1 fully saturated rings. The molecule has 2 aliphatic rings. The molecule has 0 saturated carbocycles. The monoisotopic (exact) mass is 317 g/mol. The third kappa shape index (κ3) is 2.86. The van der Waals surface area contributed by atoms with E-state index in [4.69, 9.17) is 9.57 Å². The summed E-state index contributed by atoms with van der Waals surface area (Å²) in [5.74, 6) is -1.79. The van der Waals surface area contributed by atoms with Crippen molar-refractivity contribution in [2.24, 2.45) is 11.8 Å². The molecular formula is C17H19NO5. The van der Waals surface area contributed by atoms with Gasteiger partial charge >= 0.3 is 5.97 Å². The average Bonchev–Trinajstić information content (AvgIpc) is 2.80. The molecule has 3 rings (SSSR count). The van der Waals surface area contributed by atoms with E-state index in [0.29, 0.717) is 30.4 Å². The van der Waals surface area contributed by atoms with Gasteiger partial charge in [-0.1, -0.05) is 31.0 Å². The van der Waals surface area contributed by atoms with Crippen LogP contribution in [0.25, 0.3) is 0 Å². The Morgan fingerprint density at radius 1 is 1.22 bits per heavy atom. The van der Waals surface area contributed by atoms with E-state index in [9.17, 15) is 14.4 Å². The Kier molecular flexibility index (Phi) is 4.17. The third-order valence-corrected chi connectivity index (χ3v) is 4.33. The summed E-state index contributed by atoms with van der Waals surface area (Å²) in [5, 5.41) is 0.576. The van der Waals surface area contributed by atoms with Gasteiger partial charge < -0.3 is 9.57 Å². The Morgan fingerprint density at radius 3 is 2.39 bits per heavy atom. The second-order valence-electron chi connectivity index (χ2n) is 6.24. The van der Waals surface area contributed by atoms with Crippen molar-refractivity contribution >= 4 is 17.8 Å². The fraction of sp³-hybridized carbons (Fsp3) is 0.471. The number of fused-ring (bicyclic) bond motifs is 1. The Labute approximate surface area is 134 Å². The van der Waals surface area contributed by atoms with E-state index in [0.717, 1.165) is 0 Å². The van der Waals surface area contributed by atoms with Gasteiger partial charge in [0.25, 0.3) is 11.8 Å². The highest BCUT2D eigenvalue weighted by Crippen LogP contribution is 2.28. The number of benzene rings is 1. The van der Waals surface area contributed by atoms with Gasteiger partial charge in [0.1, 0.15) is 0 Å². The highest BCUT2D eigenvalue weighted by Gasteiger charge is 2.40. The van der Waals surface area contributed by atoms with Crippen LogP contribution < -0.4 is 0 Å². The summed E-state index contributed by atoms with van der Waals surface area (Å²) >= 11 is 0. The SMILES string of the molecule is CC(C)C1CC(C(=O)ON2C(=O)c3ccccc3C2=O)CCO1. The highest BCUT2D eigenvalue weighted by atomic mass is 16.7. The Hall–Kier alpha value is -2.21. The van der Waals surface area contributed by atoms with Crippen LogP contribution in [-0.2, 0) is 14.4 Å². The zero-order valence-electron chi connectivity index (χ0n) is 13.2. The maximum Gasteiger partial charge on any atom is 0.336 e. The van der Waals surface area contributed by atoms with E-state index in [1.165, 1.54) is 0 Å². The number of nitrogens with zero attached hydrogens (tertiary/aromatic N) is 1. The largest absolute Gasteiger partial charge is 0.378 e. The smallest absolute Gasteiger partial charge is 0.336 e. The molecule has 2 unspecified atom stereocenters. The molecule has 0 bridgehead atoms. The zero-order valence-corrected chi connectivity index (χ0v) is 13.2. The van der Waals surface area contributed by atoms with Crippen molar-refractivity contribution in [2.75, 3.05) is 6.61 Å². The molecule has 2 heterocycles. The molecule has 2 aliphatic heterocycles. The predicted molar refractivity (Wildman–Crippen MR) is 80.3 cm³/mol. The van der Waals surface area contributed by atoms with Gasteiger partial charge in [0, 0.05) is 6.61 Å². The number of rotatable bonds is 3. The van der Waals surface area contributed by atoms with Crippen LogP contribution in [0.3, 0.4) is 0 Å². The molecule has 2 atom stereocenters. The molecule has 0 radical (unpaired) electrons. The molecule has 2 amide bonds. The van der Waals surface area contributed by atoms with Crippen LogP contribution in [0.2, 0.25) is 0 Å². The summed E-state index contributed by atoms with van der Waals surface area (Å²) in [6.45, 7) is 4.54. The van der Waals surface area contributed by atoms with E-state index in [1.54, 1.807) is 24.3 Å². The highest BCUT2D eigenvalue weighted by molar-refractivity contribution is 6.20. The first-order valence-corrected chi connectivity index (χ1v) is 7.80. The lowest BCUT2D eigenvalue weighted by Crippen LogP contribution is -2.39. The molecule has 1 saturated heterocycles.